The monoisotopic (exact) mass is 204 g/mol. The predicted molar refractivity (Wildman–Crippen MR) is 54.1 cm³/mol. The Hall–Kier alpha value is -1.97. The van der Waals surface area contributed by atoms with Crippen molar-refractivity contribution in [3.63, 3.8) is 0 Å². The van der Waals surface area contributed by atoms with Gasteiger partial charge in [-0.15, -0.1) is 0 Å². The predicted octanol–water partition coefficient (Wildman–Crippen LogP) is 2.34. The zero-order chi connectivity index (χ0) is 10.8. The summed E-state index contributed by atoms with van der Waals surface area (Å²) in [5, 5.41) is 0. The zero-order valence-electron chi connectivity index (χ0n) is 8.12. The molecule has 0 atom stereocenters. The maximum atomic E-state index is 13.0. The number of aryl methyl sites for hydroxylation is 1. The van der Waals surface area contributed by atoms with Crippen LogP contribution in [0.1, 0.15) is 16.3 Å². The van der Waals surface area contributed by atoms with Crippen LogP contribution in [0, 0.1) is 12.7 Å². The van der Waals surface area contributed by atoms with Crippen LogP contribution in [-0.4, -0.2) is 16.3 Å². The molecule has 0 unspecified atom stereocenters. The molecule has 0 bridgehead atoms. The first-order valence-electron chi connectivity index (χ1n) is 4.48. The van der Waals surface area contributed by atoms with Crippen molar-refractivity contribution in [2.45, 2.75) is 6.92 Å². The van der Waals surface area contributed by atoms with Gasteiger partial charge in [-0.25, -0.2) is 9.37 Å². The van der Waals surface area contributed by atoms with Gasteiger partial charge in [0.05, 0.1) is 5.69 Å². The number of halogens is 1. The number of H-pyrrole nitrogens is 1. The molecule has 0 saturated heterocycles. The summed E-state index contributed by atoms with van der Waals surface area (Å²) >= 11 is 0. The summed E-state index contributed by atoms with van der Waals surface area (Å²) in [6.07, 6.45) is 0.635. The largest absolute Gasteiger partial charge is 0.339 e. The summed E-state index contributed by atoms with van der Waals surface area (Å²) in [5.74, 6) is -0.0608. The van der Waals surface area contributed by atoms with Crippen LogP contribution < -0.4 is 0 Å². The molecule has 0 radical (unpaired) electrons. The van der Waals surface area contributed by atoms with Crippen LogP contribution in [0.5, 0.6) is 0 Å². The molecular weight excluding hydrogens is 195 g/mol. The molecule has 2 aromatic rings. The summed E-state index contributed by atoms with van der Waals surface area (Å²) < 4.78 is 13.0. The minimum Gasteiger partial charge on any atom is -0.339 e. The topological polar surface area (TPSA) is 45.8 Å². The van der Waals surface area contributed by atoms with Crippen LogP contribution in [0.15, 0.2) is 24.3 Å². The lowest BCUT2D eigenvalue weighted by atomic mass is 10.1. The van der Waals surface area contributed by atoms with E-state index in [4.69, 9.17) is 0 Å². The highest BCUT2D eigenvalue weighted by molar-refractivity contribution is 5.73. The smallest absolute Gasteiger partial charge is 0.185 e. The molecule has 4 heteroatoms. The third-order valence-corrected chi connectivity index (χ3v) is 2.11. The van der Waals surface area contributed by atoms with Crippen LogP contribution >= 0.6 is 0 Å². The average molecular weight is 204 g/mol. The van der Waals surface area contributed by atoms with Crippen LogP contribution in [0.3, 0.4) is 0 Å². The van der Waals surface area contributed by atoms with Gasteiger partial charge in [0.25, 0.3) is 0 Å². The highest BCUT2D eigenvalue weighted by Crippen LogP contribution is 2.21. The van der Waals surface area contributed by atoms with E-state index in [2.05, 4.69) is 9.97 Å². The van der Waals surface area contributed by atoms with E-state index < -0.39 is 0 Å². The van der Waals surface area contributed by atoms with Crippen molar-refractivity contribution in [3.05, 3.63) is 41.6 Å². The lowest BCUT2D eigenvalue weighted by Gasteiger charge is -1.97. The molecule has 0 spiro atoms. The Morgan fingerprint density at radius 1 is 1.47 bits per heavy atom. The summed E-state index contributed by atoms with van der Waals surface area (Å²) in [6, 6.07) is 6.12. The van der Waals surface area contributed by atoms with Gasteiger partial charge in [0, 0.05) is 11.3 Å². The summed E-state index contributed by atoms with van der Waals surface area (Å²) in [6.45, 7) is 1.79. The number of imidazole rings is 1. The van der Waals surface area contributed by atoms with E-state index in [0.717, 1.165) is 5.69 Å². The van der Waals surface area contributed by atoms with Gasteiger partial charge >= 0.3 is 0 Å². The quantitative estimate of drug-likeness (QED) is 0.763. The van der Waals surface area contributed by atoms with Crippen molar-refractivity contribution < 1.29 is 9.18 Å². The highest BCUT2D eigenvalue weighted by Gasteiger charge is 2.08. The minimum atomic E-state index is -0.317. The molecule has 0 aliphatic carbocycles. The standard InChI is InChI=1S/C11H9FN2O/c1-7-11(14-10(6-15)13-7)8-3-2-4-9(12)5-8/h2-6H,1H3,(H,13,14). The second kappa shape index (κ2) is 3.65. The number of aldehydes is 1. The van der Waals surface area contributed by atoms with Gasteiger partial charge in [0.2, 0.25) is 0 Å². The first-order valence-corrected chi connectivity index (χ1v) is 4.48. The molecule has 1 aromatic carbocycles. The Labute approximate surface area is 86.0 Å². The Kier molecular flexibility index (Phi) is 2.33. The molecule has 1 N–H and O–H groups in total. The molecule has 0 aliphatic heterocycles. The number of rotatable bonds is 2. The number of hydrogen-bond acceptors (Lipinski definition) is 2. The first-order chi connectivity index (χ1) is 7.20. The Balaban J connectivity index is 2.53. The third-order valence-electron chi connectivity index (χ3n) is 2.11. The number of aromatic nitrogens is 2. The molecule has 0 amide bonds. The first kappa shape index (κ1) is 9.58. The maximum Gasteiger partial charge on any atom is 0.185 e. The van der Waals surface area contributed by atoms with Crippen molar-refractivity contribution in [3.8, 4) is 11.3 Å². The van der Waals surface area contributed by atoms with Crippen LogP contribution in [0.25, 0.3) is 11.3 Å². The molecule has 3 nitrogen and oxygen atoms in total. The number of aromatic amines is 1. The van der Waals surface area contributed by atoms with Gasteiger partial charge in [0.15, 0.2) is 12.1 Å². The number of carbonyl (C=O) groups is 1. The lowest BCUT2D eigenvalue weighted by Crippen LogP contribution is -1.83. The Morgan fingerprint density at radius 3 is 2.87 bits per heavy atom. The summed E-state index contributed by atoms with van der Waals surface area (Å²) in [5.41, 5.74) is 2.02. The molecule has 0 fully saturated rings. The molecule has 1 heterocycles. The third kappa shape index (κ3) is 1.79. The Morgan fingerprint density at radius 2 is 2.27 bits per heavy atom. The van der Waals surface area contributed by atoms with Gasteiger partial charge in [-0.3, -0.25) is 4.79 Å². The van der Waals surface area contributed by atoms with E-state index in [1.165, 1.54) is 12.1 Å². The maximum absolute atomic E-state index is 13.0. The van der Waals surface area contributed by atoms with Crippen LogP contribution in [-0.2, 0) is 0 Å². The van der Waals surface area contributed by atoms with Crippen molar-refractivity contribution >= 4 is 6.29 Å². The molecule has 15 heavy (non-hydrogen) atoms. The average Bonchev–Trinajstić information content (AvgIpc) is 2.60. The number of nitrogens with zero attached hydrogens (tertiary/aromatic N) is 1. The van der Waals surface area contributed by atoms with Crippen molar-refractivity contribution in [2.24, 2.45) is 0 Å². The van der Waals surface area contributed by atoms with Crippen molar-refractivity contribution in [1.29, 1.82) is 0 Å². The van der Waals surface area contributed by atoms with E-state index in [1.807, 2.05) is 0 Å². The molecular formula is C11H9FN2O. The van der Waals surface area contributed by atoms with Gasteiger partial charge < -0.3 is 4.98 Å². The van der Waals surface area contributed by atoms with Crippen molar-refractivity contribution in [1.82, 2.24) is 9.97 Å². The zero-order valence-corrected chi connectivity index (χ0v) is 8.12. The van der Waals surface area contributed by atoms with E-state index in [0.29, 0.717) is 17.5 Å². The SMILES string of the molecule is Cc1[nH]c(C=O)nc1-c1cccc(F)c1. The van der Waals surface area contributed by atoms with Crippen LogP contribution in [0.2, 0.25) is 0 Å². The second-order valence-electron chi connectivity index (χ2n) is 3.22. The fraction of sp³-hybridized carbons (Fsp3) is 0.0909. The van der Waals surface area contributed by atoms with E-state index in [9.17, 15) is 9.18 Å². The summed E-state index contributed by atoms with van der Waals surface area (Å²) in [7, 11) is 0. The normalized spacial score (nSPS) is 10.3. The highest BCUT2D eigenvalue weighted by atomic mass is 19.1. The van der Waals surface area contributed by atoms with E-state index >= 15 is 0 Å². The molecule has 2 rings (SSSR count). The van der Waals surface area contributed by atoms with Gasteiger partial charge in [-0.2, -0.15) is 0 Å². The van der Waals surface area contributed by atoms with Crippen molar-refractivity contribution in [2.75, 3.05) is 0 Å². The fourth-order valence-electron chi connectivity index (χ4n) is 1.46. The second-order valence-corrected chi connectivity index (χ2v) is 3.22. The van der Waals surface area contributed by atoms with Gasteiger partial charge in [0.1, 0.15) is 5.82 Å². The molecule has 76 valence electrons. The molecule has 0 aliphatic rings. The number of benzene rings is 1. The van der Waals surface area contributed by atoms with E-state index in [1.54, 1.807) is 19.1 Å². The van der Waals surface area contributed by atoms with Gasteiger partial charge in [-0.05, 0) is 19.1 Å². The molecule has 1 aromatic heterocycles. The minimum absolute atomic E-state index is 0.256. The Bertz CT molecular complexity index is 505. The molecule has 0 saturated carbocycles. The lowest BCUT2D eigenvalue weighted by molar-refractivity contribution is 0.111. The fourth-order valence-corrected chi connectivity index (χ4v) is 1.46. The van der Waals surface area contributed by atoms with Gasteiger partial charge in [-0.1, -0.05) is 12.1 Å². The summed E-state index contributed by atoms with van der Waals surface area (Å²) in [4.78, 5) is 17.4. The van der Waals surface area contributed by atoms with Crippen LogP contribution in [0.4, 0.5) is 4.39 Å². The number of carbonyl (C=O) groups excluding carboxylic acids is 1. The van der Waals surface area contributed by atoms with E-state index in [-0.39, 0.29) is 11.6 Å². The number of nitrogens with one attached hydrogen (secondary N) is 1. The number of hydrogen-bond donors (Lipinski definition) is 1.